The highest BCUT2D eigenvalue weighted by atomic mass is 16.6. The van der Waals surface area contributed by atoms with Crippen molar-refractivity contribution in [2.75, 3.05) is 26.7 Å². The van der Waals surface area contributed by atoms with E-state index < -0.39 is 11.6 Å². The summed E-state index contributed by atoms with van der Waals surface area (Å²) in [5.74, 6) is -0.623. The number of pyridine rings is 1. The Kier molecular flexibility index (Phi) is 6.68. The van der Waals surface area contributed by atoms with Crippen molar-refractivity contribution >= 4 is 5.97 Å². The Morgan fingerprint density at radius 2 is 1.62 bits per heavy atom. The number of carbonyl (C=O) groups is 1. The van der Waals surface area contributed by atoms with Crippen molar-refractivity contribution in [3.63, 3.8) is 0 Å². The van der Waals surface area contributed by atoms with Crippen LogP contribution in [0.2, 0.25) is 0 Å². The Morgan fingerprint density at radius 3 is 2.22 bits per heavy atom. The zero-order valence-corrected chi connectivity index (χ0v) is 18.6. The van der Waals surface area contributed by atoms with Gasteiger partial charge in [0.05, 0.1) is 20.1 Å². The lowest BCUT2D eigenvalue weighted by Gasteiger charge is -2.36. The molecule has 1 aromatic heterocycles. The van der Waals surface area contributed by atoms with Gasteiger partial charge in [0.15, 0.2) is 0 Å². The van der Waals surface area contributed by atoms with E-state index in [2.05, 4.69) is 24.2 Å². The Bertz CT molecular complexity index is 971. The molecule has 1 saturated heterocycles. The average molecular weight is 432 g/mol. The van der Waals surface area contributed by atoms with Crippen molar-refractivity contribution in [1.82, 2.24) is 4.98 Å². The number of aliphatic hydroxyl groups is 1. The quantitative estimate of drug-likeness (QED) is 0.436. The molecule has 0 spiro atoms. The number of carbonyl (C=O) groups excluding carboxylic acids is 1. The maximum atomic E-state index is 13.3. The maximum Gasteiger partial charge on any atom is 0.347 e. The minimum Gasteiger partial charge on any atom is -0.457 e. The molecule has 2 aromatic carbocycles. The summed E-state index contributed by atoms with van der Waals surface area (Å²) in [7, 11) is 2.24. The SMILES string of the molecule is C[N+]1(CCc2ccncc2)CCC[C@@H]1COC(=O)C(O)(c1ccccc1)c1ccccc1. The minimum atomic E-state index is -1.83. The highest BCUT2D eigenvalue weighted by Gasteiger charge is 2.44. The number of esters is 1. The highest BCUT2D eigenvalue weighted by molar-refractivity contribution is 5.85. The third-order valence-corrected chi connectivity index (χ3v) is 6.83. The fourth-order valence-corrected chi connectivity index (χ4v) is 4.71. The van der Waals surface area contributed by atoms with E-state index in [9.17, 15) is 9.90 Å². The molecule has 2 atom stereocenters. The van der Waals surface area contributed by atoms with E-state index in [0.717, 1.165) is 36.8 Å². The van der Waals surface area contributed by atoms with Gasteiger partial charge in [0.1, 0.15) is 12.6 Å². The summed E-state index contributed by atoms with van der Waals surface area (Å²) in [5.41, 5.74) is 0.460. The van der Waals surface area contributed by atoms with Gasteiger partial charge in [-0.1, -0.05) is 60.7 Å². The number of ether oxygens (including phenoxy) is 1. The zero-order chi connectivity index (χ0) is 22.4. The molecule has 0 radical (unpaired) electrons. The molecule has 0 aliphatic carbocycles. The van der Waals surface area contributed by atoms with Crippen LogP contribution in [-0.4, -0.2) is 53.3 Å². The third-order valence-electron chi connectivity index (χ3n) is 6.83. The van der Waals surface area contributed by atoms with E-state index in [0.29, 0.717) is 17.7 Å². The molecule has 0 amide bonds. The molecule has 5 heteroatoms. The van der Waals surface area contributed by atoms with E-state index in [1.165, 1.54) is 5.56 Å². The molecule has 1 aliphatic rings. The number of likely N-dealkylation sites (tertiary alicyclic amines) is 1. The number of aromatic nitrogens is 1. The third kappa shape index (κ3) is 4.59. The summed E-state index contributed by atoms with van der Waals surface area (Å²) >= 11 is 0. The molecule has 1 aliphatic heterocycles. The van der Waals surface area contributed by atoms with E-state index in [-0.39, 0.29) is 6.04 Å². The standard InChI is InChI=1S/C27H31N2O3/c1-29(20-16-22-14-17-28-18-15-22)19-8-13-25(29)21-32-26(30)27(31,23-9-4-2-5-10-23)24-11-6-3-7-12-24/h2-7,9-12,14-15,17-18,25,31H,8,13,16,19-21H2,1H3/q+1/t25-,29?/m1/s1. The highest BCUT2D eigenvalue weighted by Crippen LogP contribution is 2.32. The maximum absolute atomic E-state index is 13.3. The summed E-state index contributed by atoms with van der Waals surface area (Å²) < 4.78 is 6.70. The number of hydrogen-bond acceptors (Lipinski definition) is 4. The lowest BCUT2D eigenvalue weighted by Crippen LogP contribution is -2.52. The van der Waals surface area contributed by atoms with E-state index >= 15 is 0 Å². The van der Waals surface area contributed by atoms with Crippen LogP contribution in [0, 0.1) is 0 Å². The van der Waals surface area contributed by atoms with Crippen molar-refractivity contribution in [2.24, 2.45) is 0 Å². The van der Waals surface area contributed by atoms with Gasteiger partial charge in [0, 0.05) is 31.7 Å². The van der Waals surface area contributed by atoms with Crippen LogP contribution in [0.4, 0.5) is 0 Å². The molecule has 32 heavy (non-hydrogen) atoms. The second-order valence-corrected chi connectivity index (χ2v) is 8.87. The predicted molar refractivity (Wildman–Crippen MR) is 124 cm³/mol. The molecular weight excluding hydrogens is 400 g/mol. The van der Waals surface area contributed by atoms with Gasteiger partial charge in [-0.2, -0.15) is 0 Å². The fraction of sp³-hybridized carbons (Fsp3) is 0.333. The van der Waals surface area contributed by atoms with Crippen LogP contribution in [0.1, 0.15) is 29.5 Å². The van der Waals surface area contributed by atoms with Gasteiger partial charge in [-0.05, 0) is 28.8 Å². The normalized spacial score (nSPS) is 20.8. The first-order valence-corrected chi connectivity index (χ1v) is 11.3. The number of likely N-dealkylation sites (N-methyl/N-ethyl adjacent to an activating group) is 1. The second-order valence-electron chi connectivity index (χ2n) is 8.87. The van der Waals surface area contributed by atoms with Gasteiger partial charge in [0.25, 0.3) is 0 Å². The van der Waals surface area contributed by atoms with Crippen LogP contribution in [0.5, 0.6) is 0 Å². The molecular formula is C27H31N2O3+. The zero-order valence-electron chi connectivity index (χ0n) is 18.6. The molecule has 1 unspecified atom stereocenters. The topological polar surface area (TPSA) is 59.4 Å². The van der Waals surface area contributed by atoms with Crippen molar-refractivity contribution in [1.29, 1.82) is 0 Å². The molecule has 1 N–H and O–H groups in total. The first-order chi connectivity index (χ1) is 15.5. The number of benzene rings is 2. The second kappa shape index (κ2) is 9.63. The largest absolute Gasteiger partial charge is 0.457 e. The van der Waals surface area contributed by atoms with Crippen molar-refractivity contribution in [3.05, 3.63) is 102 Å². The van der Waals surface area contributed by atoms with Gasteiger partial charge >= 0.3 is 5.97 Å². The molecule has 166 valence electrons. The van der Waals surface area contributed by atoms with Crippen LogP contribution in [-0.2, 0) is 21.6 Å². The van der Waals surface area contributed by atoms with Crippen LogP contribution < -0.4 is 0 Å². The first-order valence-electron chi connectivity index (χ1n) is 11.3. The summed E-state index contributed by atoms with van der Waals surface area (Å²) in [4.78, 5) is 17.4. The van der Waals surface area contributed by atoms with Crippen molar-refractivity contribution in [2.45, 2.75) is 30.9 Å². The molecule has 4 rings (SSSR count). The number of hydrogen-bond donors (Lipinski definition) is 1. The first kappa shape index (κ1) is 22.2. The van der Waals surface area contributed by atoms with Crippen molar-refractivity contribution in [3.8, 4) is 0 Å². The van der Waals surface area contributed by atoms with Gasteiger partial charge in [0.2, 0.25) is 5.60 Å². The van der Waals surface area contributed by atoms with Crippen molar-refractivity contribution < 1.29 is 19.1 Å². The van der Waals surface area contributed by atoms with Gasteiger partial charge < -0.3 is 14.3 Å². The Hall–Kier alpha value is -3.02. The van der Waals surface area contributed by atoms with Gasteiger partial charge in [-0.3, -0.25) is 4.98 Å². The average Bonchev–Trinajstić information content (AvgIpc) is 3.23. The molecule has 2 heterocycles. The Morgan fingerprint density at radius 1 is 1.03 bits per heavy atom. The molecule has 1 fully saturated rings. The van der Waals surface area contributed by atoms with Gasteiger partial charge in [-0.25, -0.2) is 4.79 Å². The van der Waals surface area contributed by atoms with E-state index in [1.54, 1.807) is 24.3 Å². The smallest absolute Gasteiger partial charge is 0.347 e. The van der Waals surface area contributed by atoms with Crippen LogP contribution in [0.25, 0.3) is 0 Å². The molecule has 0 bridgehead atoms. The minimum absolute atomic E-state index is 0.219. The lowest BCUT2D eigenvalue weighted by molar-refractivity contribution is -0.921. The fourth-order valence-electron chi connectivity index (χ4n) is 4.71. The van der Waals surface area contributed by atoms with E-state index in [1.807, 2.05) is 48.8 Å². The molecule has 0 saturated carbocycles. The Labute approximate surface area is 189 Å². The molecule has 5 nitrogen and oxygen atoms in total. The Balaban J connectivity index is 1.48. The summed E-state index contributed by atoms with van der Waals surface area (Å²) in [6.45, 7) is 2.34. The predicted octanol–water partition coefficient (Wildman–Crippen LogP) is 3.71. The van der Waals surface area contributed by atoms with Crippen LogP contribution >= 0.6 is 0 Å². The number of quaternary nitrogens is 1. The monoisotopic (exact) mass is 431 g/mol. The summed E-state index contributed by atoms with van der Waals surface area (Å²) in [6, 6.07) is 22.4. The lowest BCUT2D eigenvalue weighted by atomic mass is 9.86. The number of rotatable bonds is 8. The number of nitrogens with zero attached hydrogens (tertiary/aromatic N) is 2. The van der Waals surface area contributed by atoms with Gasteiger partial charge in [-0.15, -0.1) is 0 Å². The van der Waals surface area contributed by atoms with Crippen LogP contribution in [0.15, 0.2) is 85.2 Å². The van der Waals surface area contributed by atoms with E-state index in [4.69, 9.17) is 4.74 Å². The van der Waals surface area contributed by atoms with Crippen LogP contribution in [0.3, 0.4) is 0 Å². The molecule has 3 aromatic rings. The summed E-state index contributed by atoms with van der Waals surface area (Å²) in [5, 5.41) is 11.6. The summed E-state index contributed by atoms with van der Waals surface area (Å²) in [6.07, 6.45) is 6.73.